The van der Waals surface area contributed by atoms with Gasteiger partial charge in [0.1, 0.15) is 5.60 Å². The Hall–Kier alpha value is -2.89. The van der Waals surface area contributed by atoms with Crippen LogP contribution < -0.4 is 5.32 Å². The molecule has 0 atom stereocenters. The quantitative estimate of drug-likeness (QED) is 0.655. The van der Waals surface area contributed by atoms with Crippen molar-refractivity contribution in [2.24, 2.45) is 5.16 Å². The third-order valence-electron chi connectivity index (χ3n) is 6.20. The van der Waals surface area contributed by atoms with Gasteiger partial charge in [0, 0.05) is 24.2 Å². The van der Waals surface area contributed by atoms with Crippen LogP contribution in [0.5, 0.6) is 0 Å². The zero-order chi connectivity index (χ0) is 19.8. The number of nitrogens with zero attached hydrogens (tertiary/aromatic N) is 4. The molecular formula is C23H27N5O. The molecule has 0 unspecified atom stereocenters. The van der Waals surface area contributed by atoms with Crippen LogP contribution in [0.1, 0.15) is 56.7 Å². The molecule has 0 saturated heterocycles. The average molecular weight is 390 g/mol. The smallest absolute Gasteiger partial charge is 0.160 e. The van der Waals surface area contributed by atoms with Gasteiger partial charge in [-0.15, -0.1) is 0 Å². The second kappa shape index (κ2) is 7.17. The van der Waals surface area contributed by atoms with Crippen LogP contribution in [0.25, 0.3) is 11.0 Å². The van der Waals surface area contributed by atoms with Crippen LogP contribution >= 0.6 is 0 Å². The van der Waals surface area contributed by atoms with Crippen LogP contribution in [0.4, 0.5) is 11.4 Å². The van der Waals surface area contributed by atoms with Gasteiger partial charge in [-0.2, -0.15) is 5.10 Å². The molecule has 1 aliphatic heterocycles. The first-order valence-electron chi connectivity index (χ1n) is 10.6. The Morgan fingerprint density at radius 1 is 1.14 bits per heavy atom. The van der Waals surface area contributed by atoms with Gasteiger partial charge in [-0.05, 0) is 51.7 Å². The maximum atomic E-state index is 6.06. The minimum absolute atomic E-state index is 0.118. The lowest BCUT2D eigenvalue weighted by atomic mass is 9.80. The molecule has 6 heteroatoms. The molecule has 0 bridgehead atoms. The first kappa shape index (κ1) is 18.2. The summed E-state index contributed by atoms with van der Waals surface area (Å²) in [6.45, 7) is 4.93. The molecule has 2 aliphatic rings. The summed E-state index contributed by atoms with van der Waals surface area (Å²) in [6, 6.07) is 10.2. The topological polar surface area (TPSA) is 64.3 Å². The molecule has 2 aromatic heterocycles. The van der Waals surface area contributed by atoms with Gasteiger partial charge in [0.05, 0.1) is 28.7 Å². The van der Waals surface area contributed by atoms with Crippen molar-refractivity contribution in [1.82, 2.24) is 14.8 Å². The number of para-hydroxylation sites is 1. The molecule has 29 heavy (non-hydrogen) atoms. The van der Waals surface area contributed by atoms with E-state index in [1.165, 1.54) is 19.3 Å². The number of fused-ring (bicyclic) bond motifs is 1. The number of aromatic nitrogens is 3. The molecule has 0 radical (unpaired) electrons. The van der Waals surface area contributed by atoms with Gasteiger partial charge >= 0.3 is 0 Å². The molecule has 0 amide bonds. The zero-order valence-electron chi connectivity index (χ0n) is 17.1. The van der Waals surface area contributed by atoms with Crippen molar-refractivity contribution in [3.63, 3.8) is 0 Å². The first-order chi connectivity index (χ1) is 14.2. The van der Waals surface area contributed by atoms with E-state index >= 15 is 0 Å². The number of rotatable bonds is 4. The summed E-state index contributed by atoms with van der Waals surface area (Å²) in [6.07, 6.45) is 8.67. The third kappa shape index (κ3) is 3.16. The Morgan fingerprint density at radius 2 is 1.93 bits per heavy atom. The van der Waals surface area contributed by atoms with Crippen LogP contribution in [0, 0.1) is 6.92 Å². The lowest BCUT2D eigenvalue weighted by Crippen LogP contribution is -2.31. The van der Waals surface area contributed by atoms with Gasteiger partial charge in [-0.25, -0.2) is 9.67 Å². The SMILES string of the molecule is CCn1ncc2c(Nc3ccccc3)c(C3=NOC4(CCCCC4)C3)c(C)nc21. The molecule has 6 nitrogen and oxygen atoms in total. The number of oxime groups is 1. The molecule has 5 rings (SSSR count). The second-order valence-corrected chi connectivity index (χ2v) is 8.19. The van der Waals surface area contributed by atoms with Crippen molar-refractivity contribution >= 4 is 28.1 Å². The Balaban J connectivity index is 1.62. The standard InChI is InChI=1S/C23H27N5O/c1-3-28-22-18(15-24-28)21(26-17-10-6-4-7-11-17)20(16(2)25-22)19-14-23(29-27-19)12-8-5-9-13-23/h4,6-7,10-11,15H,3,5,8-9,12-14H2,1-2H3,(H,25,26). The Bertz CT molecular complexity index is 1060. The van der Waals surface area contributed by atoms with E-state index in [0.717, 1.165) is 65.2 Å². The van der Waals surface area contributed by atoms with Crippen LogP contribution in [0.3, 0.4) is 0 Å². The number of nitrogens with one attached hydrogen (secondary N) is 1. The minimum atomic E-state index is -0.118. The van der Waals surface area contributed by atoms with Gasteiger partial charge in [0.15, 0.2) is 5.65 Å². The number of aryl methyl sites for hydroxylation is 2. The third-order valence-corrected chi connectivity index (χ3v) is 6.20. The predicted molar refractivity (Wildman–Crippen MR) is 116 cm³/mol. The Kier molecular flexibility index (Phi) is 4.49. The maximum Gasteiger partial charge on any atom is 0.160 e. The number of hydrogen-bond acceptors (Lipinski definition) is 5. The summed E-state index contributed by atoms with van der Waals surface area (Å²) in [4.78, 5) is 11.0. The van der Waals surface area contributed by atoms with Gasteiger partial charge in [0.25, 0.3) is 0 Å². The highest BCUT2D eigenvalue weighted by molar-refractivity contribution is 6.12. The average Bonchev–Trinajstić information content (AvgIpc) is 3.33. The summed E-state index contributed by atoms with van der Waals surface area (Å²) in [5.41, 5.74) is 5.86. The van der Waals surface area contributed by atoms with Gasteiger partial charge in [-0.1, -0.05) is 29.8 Å². The minimum Gasteiger partial charge on any atom is -0.389 e. The van der Waals surface area contributed by atoms with Crippen molar-refractivity contribution in [2.75, 3.05) is 5.32 Å². The fourth-order valence-electron chi connectivity index (χ4n) is 4.70. The van der Waals surface area contributed by atoms with Crippen LogP contribution in [0.2, 0.25) is 0 Å². The van der Waals surface area contributed by atoms with E-state index in [0.29, 0.717) is 0 Å². The van der Waals surface area contributed by atoms with E-state index in [1.54, 1.807) is 0 Å². The van der Waals surface area contributed by atoms with Crippen molar-refractivity contribution in [3.8, 4) is 0 Å². The van der Waals surface area contributed by atoms with E-state index in [-0.39, 0.29) is 5.60 Å². The number of pyridine rings is 1. The molecule has 1 saturated carbocycles. The highest BCUT2D eigenvalue weighted by atomic mass is 16.7. The van der Waals surface area contributed by atoms with E-state index < -0.39 is 0 Å². The van der Waals surface area contributed by atoms with Crippen LogP contribution in [0.15, 0.2) is 41.7 Å². The van der Waals surface area contributed by atoms with E-state index in [9.17, 15) is 0 Å². The molecular weight excluding hydrogens is 362 g/mol. The van der Waals surface area contributed by atoms with Crippen LogP contribution in [-0.4, -0.2) is 26.1 Å². The molecule has 1 fully saturated rings. The summed E-state index contributed by atoms with van der Waals surface area (Å²) in [5, 5.41) is 13.8. The van der Waals surface area contributed by atoms with Gasteiger partial charge in [-0.3, -0.25) is 0 Å². The highest BCUT2D eigenvalue weighted by Gasteiger charge is 2.41. The lowest BCUT2D eigenvalue weighted by Gasteiger charge is -2.30. The zero-order valence-corrected chi connectivity index (χ0v) is 17.1. The monoisotopic (exact) mass is 389 g/mol. The van der Waals surface area contributed by atoms with Crippen LogP contribution in [-0.2, 0) is 11.4 Å². The van der Waals surface area contributed by atoms with E-state index in [1.807, 2.05) is 29.1 Å². The number of anilines is 2. The van der Waals surface area contributed by atoms with Gasteiger partial charge in [0.2, 0.25) is 0 Å². The lowest BCUT2D eigenvalue weighted by molar-refractivity contribution is -0.0449. The molecule has 1 spiro atoms. The van der Waals surface area contributed by atoms with Crippen molar-refractivity contribution in [1.29, 1.82) is 0 Å². The highest BCUT2D eigenvalue weighted by Crippen LogP contribution is 2.42. The Morgan fingerprint density at radius 3 is 2.69 bits per heavy atom. The number of benzene rings is 1. The maximum absolute atomic E-state index is 6.06. The van der Waals surface area contributed by atoms with E-state index in [4.69, 9.17) is 9.82 Å². The molecule has 1 N–H and O–H groups in total. The van der Waals surface area contributed by atoms with Crippen molar-refractivity contribution in [3.05, 3.63) is 47.8 Å². The molecule has 1 aromatic carbocycles. The fourth-order valence-corrected chi connectivity index (χ4v) is 4.70. The van der Waals surface area contributed by atoms with E-state index in [2.05, 4.69) is 41.6 Å². The van der Waals surface area contributed by atoms with Crippen molar-refractivity contribution in [2.45, 2.75) is 64.5 Å². The molecule has 1 aliphatic carbocycles. The second-order valence-electron chi connectivity index (χ2n) is 8.19. The molecule has 150 valence electrons. The number of hydrogen-bond donors (Lipinski definition) is 1. The fraction of sp³-hybridized carbons (Fsp3) is 0.435. The summed E-state index contributed by atoms with van der Waals surface area (Å²) >= 11 is 0. The summed E-state index contributed by atoms with van der Waals surface area (Å²) in [7, 11) is 0. The van der Waals surface area contributed by atoms with Crippen molar-refractivity contribution < 1.29 is 4.84 Å². The summed E-state index contributed by atoms with van der Waals surface area (Å²) < 4.78 is 1.94. The Labute approximate surface area is 171 Å². The van der Waals surface area contributed by atoms with Gasteiger partial charge < -0.3 is 10.2 Å². The predicted octanol–water partition coefficient (Wildman–Crippen LogP) is 5.33. The molecule has 3 aromatic rings. The first-order valence-corrected chi connectivity index (χ1v) is 10.6. The largest absolute Gasteiger partial charge is 0.389 e. The normalized spacial score (nSPS) is 18.1. The summed E-state index contributed by atoms with van der Waals surface area (Å²) in [5.74, 6) is 0. The molecule has 3 heterocycles.